The Balaban J connectivity index is 1.73. The quantitative estimate of drug-likeness (QED) is 0.517. The minimum atomic E-state index is 0.309. The van der Waals surface area contributed by atoms with E-state index in [2.05, 4.69) is 4.90 Å². The van der Waals surface area contributed by atoms with Gasteiger partial charge in [-0.3, -0.25) is 9.69 Å². The van der Waals surface area contributed by atoms with E-state index in [0.717, 1.165) is 5.56 Å². The molecule has 2 nitrogen and oxygen atoms in total. The van der Waals surface area contributed by atoms with E-state index in [1.54, 1.807) is 0 Å². The average molecular weight is 328 g/mol. The van der Waals surface area contributed by atoms with Crippen molar-refractivity contribution in [1.82, 2.24) is 4.90 Å². The summed E-state index contributed by atoms with van der Waals surface area (Å²) in [6.07, 6.45) is 16.0. The molecule has 0 bridgehead atoms. The number of hydrogen-bond acceptors (Lipinski definition) is 2. The maximum Gasteiger partial charge on any atom is 0.176 e. The molecule has 1 aromatic rings. The molecule has 2 saturated carbocycles. The monoisotopic (exact) mass is 327 g/mol. The minimum absolute atomic E-state index is 0.309. The zero-order valence-electron chi connectivity index (χ0n) is 15.1. The van der Waals surface area contributed by atoms with E-state index in [1.165, 1.54) is 77.0 Å². The lowest BCUT2D eigenvalue weighted by Crippen LogP contribution is -2.45. The number of ketones is 1. The number of hydrogen-bond donors (Lipinski definition) is 0. The predicted molar refractivity (Wildman–Crippen MR) is 100 cm³/mol. The van der Waals surface area contributed by atoms with Crippen LogP contribution >= 0.6 is 0 Å². The Morgan fingerprint density at radius 1 is 0.750 bits per heavy atom. The summed E-state index contributed by atoms with van der Waals surface area (Å²) in [6, 6.07) is 11.2. The lowest BCUT2D eigenvalue weighted by atomic mass is 9.98. The van der Waals surface area contributed by atoms with E-state index < -0.39 is 0 Å². The number of carbonyl (C=O) groups is 1. The van der Waals surface area contributed by atoms with Crippen LogP contribution in [0.4, 0.5) is 0 Å². The second-order valence-electron chi connectivity index (χ2n) is 7.75. The molecule has 2 aliphatic carbocycles. The molecule has 1 aromatic carbocycles. The van der Waals surface area contributed by atoms with Gasteiger partial charge < -0.3 is 0 Å². The van der Waals surface area contributed by atoms with E-state index in [0.29, 0.717) is 24.4 Å². The highest BCUT2D eigenvalue weighted by molar-refractivity contribution is 5.97. The first-order chi connectivity index (χ1) is 11.8. The van der Waals surface area contributed by atoms with Crippen molar-refractivity contribution in [2.45, 2.75) is 89.1 Å². The molecule has 24 heavy (non-hydrogen) atoms. The Morgan fingerprint density at radius 3 is 1.67 bits per heavy atom. The van der Waals surface area contributed by atoms with Crippen molar-refractivity contribution in [3.05, 3.63) is 35.9 Å². The first kappa shape index (κ1) is 17.7. The van der Waals surface area contributed by atoms with Crippen molar-refractivity contribution in [2.75, 3.05) is 6.54 Å². The van der Waals surface area contributed by atoms with Gasteiger partial charge in [-0.25, -0.2) is 0 Å². The highest BCUT2D eigenvalue weighted by Gasteiger charge is 2.29. The van der Waals surface area contributed by atoms with Crippen LogP contribution in [0.3, 0.4) is 0 Å². The smallest absolute Gasteiger partial charge is 0.176 e. The Morgan fingerprint density at radius 2 is 1.21 bits per heavy atom. The normalized spacial score (nSPS) is 21.4. The Kier molecular flexibility index (Phi) is 6.89. The highest BCUT2D eigenvalue weighted by atomic mass is 16.1. The first-order valence-corrected chi connectivity index (χ1v) is 10.2. The number of Topliss-reactive ketones (excluding diaryl/α,β-unsaturated/α-hetero) is 1. The summed E-state index contributed by atoms with van der Waals surface area (Å²) in [5.41, 5.74) is 0.879. The number of nitrogens with zero attached hydrogens (tertiary/aromatic N) is 1. The van der Waals surface area contributed by atoms with Crippen LogP contribution in [0.5, 0.6) is 0 Å². The summed E-state index contributed by atoms with van der Waals surface area (Å²) >= 11 is 0. The second kappa shape index (κ2) is 9.36. The molecule has 0 saturated heterocycles. The van der Waals surface area contributed by atoms with Crippen LogP contribution < -0.4 is 0 Å². The Bertz CT molecular complexity index is 462. The largest absolute Gasteiger partial charge is 0.293 e. The topological polar surface area (TPSA) is 20.3 Å². The fourth-order valence-corrected chi connectivity index (χ4v) is 4.62. The van der Waals surface area contributed by atoms with Crippen molar-refractivity contribution < 1.29 is 4.79 Å². The van der Waals surface area contributed by atoms with Gasteiger partial charge in [0.15, 0.2) is 5.78 Å². The van der Waals surface area contributed by atoms with Gasteiger partial charge in [0.25, 0.3) is 0 Å². The predicted octanol–water partition coefficient (Wildman–Crippen LogP) is 5.62. The van der Waals surface area contributed by atoms with Gasteiger partial charge in [-0.2, -0.15) is 0 Å². The van der Waals surface area contributed by atoms with E-state index in [-0.39, 0.29) is 0 Å². The molecular weight excluding hydrogens is 294 g/mol. The van der Waals surface area contributed by atoms with Crippen LogP contribution in [0.1, 0.15) is 87.4 Å². The summed E-state index contributed by atoms with van der Waals surface area (Å²) < 4.78 is 0. The van der Waals surface area contributed by atoms with Crippen molar-refractivity contribution in [2.24, 2.45) is 0 Å². The molecule has 0 aromatic heterocycles. The van der Waals surface area contributed by atoms with Gasteiger partial charge >= 0.3 is 0 Å². The Labute approximate surface area is 147 Å². The molecule has 132 valence electrons. The van der Waals surface area contributed by atoms with Crippen LogP contribution in [0.15, 0.2) is 30.3 Å². The summed E-state index contributed by atoms with van der Waals surface area (Å²) in [4.78, 5) is 15.5. The molecule has 0 heterocycles. The third kappa shape index (κ3) is 4.92. The van der Waals surface area contributed by atoms with Gasteiger partial charge in [-0.05, 0) is 25.7 Å². The second-order valence-corrected chi connectivity index (χ2v) is 7.75. The van der Waals surface area contributed by atoms with E-state index >= 15 is 0 Å². The molecule has 0 aliphatic heterocycles. The standard InChI is InChI=1S/C22H33NO/c24-22(19-12-6-5-7-13-19)18-23(20-14-8-1-2-9-15-20)21-16-10-3-4-11-17-21/h5-7,12-13,20-21H,1-4,8-11,14-18H2. The maximum atomic E-state index is 12.9. The zero-order chi connectivity index (χ0) is 16.6. The van der Waals surface area contributed by atoms with E-state index in [9.17, 15) is 4.79 Å². The molecule has 3 rings (SSSR count). The Hall–Kier alpha value is -1.15. The van der Waals surface area contributed by atoms with E-state index in [4.69, 9.17) is 0 Å². The van der Waals surface area contributed by atoms with Gasteiger partial charge in [-0.1, -0.05) is 81.7 Å². The van der Waals surface area contributed by atoms with Crippen molar-refractivity contribution in [3.8, 4) is 0 Å². The third-order valence-corrected chi connectivity index (χ3v) is 6.01. The summed E-state index contributed by atoms with van der Waals surface area (Å²) in [6.45, 7) is 0.624. The number of benzene rings is 1. The van der Waals surface area contributed by atoms with Gasteiger partial charge in [-0.15, -0.1) is 0 Å². The molecule has 0 spiro atoms. The van der Waals surface area contributed by atoms with Crippen LogP contribution in [0.25, 0.3) is 0 Å². The highest BCUT2D eigenvalue weighted by Crippen LogP contribution is 2.29. The van der Waals surface area contributed by atoms with Gasteiger partial charge in [0.05, 0.1) is 6.54 Å². The van der Waals surface area contributed by atoms with Crippen molar-refractivity contribution in [1.29, 1.82) is 0 Å². The average Bonchev–Trinajstić information content (AvgIpc) is 3.05. The van der Waals surface area contributed by atoms with Crippen LogP contribution in [-0.4, -0.2) is 29.3 Å². The van der Waals surface area contributed by atoms with Gasteiger partial charge in [0, 0.05) is 17.6 Å². The number of carbonyl (C=O) groups excluding carboxylic acids is 1. The fraction of sp³-hybridized carbons (Fsp3) is 0.682. The SMILES string of the molecule is O=C(CN(C1CCCCCC1)C1CCCCCC1)c1ccccc1. The van der Waals surface area contributed by atoms with Crippen LogP contribution in [-0.2, 0) is 0 Å². The molecule has 0 N–H and O–H groups in total. The molecule has 0 amide bonds. The molecule has 2 heteroatoms. The molecule has 0 unspecified atom stereocenters. The minimum Gasteiger partial charge on any atom is -0.293 e. The maximum absolute atomic E-state index is 12.9. The molecule has 0 atom stereocenters. The lowest BCUT2D eigenvalue weighted by molar-refractivity contribution is 0.0750. The van der Waals surface area contributed by atoms with Crippen LogP contribution in [0.2, 0.25) is 0 Å². The van der Waals surface area contributed by atoms with Crippen molar-refractivity contribution in [3.63, 3.8) is 0 Å². The van der Waals surface area contributed by atoms with Gasteiger partial charge in [0.2, 0.25) is 0 Å². The van der Waals surface area contributed by atoms with Crippen LogP contribution in [0, 0.1) is 0 Å². The zero-order valence-corrected chi connectivity index (χ0v) is 15.1. The molecule has 2 fully saturated rings. The summed E-state index contributed by atoms with van der Waals surface area (Å²) in [5.74, 6) is 0.309. The lowest BCUT2D eigenvalue weighted by Gasteiger charge is -2.37. The fourth-order valence-electron chi connectivity index (χ4n) is 4.62. The summed E-state index contributed by atoms with van der Waals surface area (Å²) in [5, 5.41) is 0. The molecule has 2 aliphatic rings. The van der Waals surface area contributed by atoms with E-state index in [1.807, 2.05) is 30.3 Å². The first-order valence-electron chi connectivity index (χ1n) is 10.2. The third-order valence-electron chi connectivity index (χ3n) is 6.01. The molecule has 0 radical (unpaired) electrons. The van der Waals surface area contributed by atoms with Gasteiger partial charge in [0.1, 0.15) is 0 Å². The molecular formula is C22H33NO. The summed E-state index contributed by atoms with van der Waals surface area (Å²) in [7, 11) is 0. The number of rotatable bonds is 5. The van der Waals surface area contributed by atoms with Crippen molar-refractivity contribution >= 4 is 5.78 Å².